The number of thiazole rings is 1. The van der Waals surface area contributed by atoms with E-state index in [0.717, 1.165) is 26.3 Å². The van der Waals surface area contributed by atoms with Crippen molar-refractivity contribution in [2.75, 3.05) is 5.32 Å². The average molecular weight is 388 g/mol. The third-order valence-electron chi connectivity index (χ3n) is 3.14. The summed E-state index contributed by atoms with van der Waals surface area (Å²) < 4.78 is 1.01. The number of rotatable bonds is 4. The molecule has 3 rings (SSSR count). The smallest absolute Gasteiger partial charge is 0.231 e. The van der Waals surface area contributed by atoms with Crippen LogP contribution in [0.4, 0.5) is 5.82 Å². The first-order valence-electron chi connectivity index (χ1n) is 7.03. The van der Waals surface area contributed by atoms with Gasteiger partial charge >= 0.3 is 0 Å². The molecule has 0 radical (unpaired) electrons. The van der Waals surface area contributed by atoms with Gasteiger partial charge in [-0.05, 0) is 30.7 Å². The lowest BCUT2D eigenvalue weighted by Gasteiger charge is -2.03. The number of halogens is 1. The molecule has 1 amide bonds. The lowest BCUT2D eigenvalue weighted by Crippen LogP contribution is -2.15. The Morgan fingerprint density at radius 2 is 2.17 bits per heavy atom. The van der Waals surface area contributed by atoms with E-state index in [1.165, 1.54) is 11.3 Å². The highest BCUT2D eigenvalue weighted by atomic mass is 79.9. The third-order valence-corrected chi connectivity index (χ3v) is 4.58. The quantitative estimate of drug-likeness (QED) is 0.718. The molecule has 0 atom stereocenters. The van der Waals surface area contributed by atoms with Crippen molar-refractivity contribution in [2.24, 2.45) is 0 Å². The molecule has 6 heteroatoms. The van der Waals surface area contributed by atoms with Crippen LogP contribution in [0.25, 0.3) is 10.6 Å². The zero-order valence-electron chi connectivity index (χ0n) is 12.4. The molecule has 2 aromatic heterocycles. The molecular formula is C17H14BrN3OS. The molecule has 4 nitrogen and oxygen atoms in total. The van der Waals surface area contributed by atoms with Crippen LogP contribution in [-0.2, 0) is 11.2 Å². The van der Waals surface area contributed by atoms with Crippen LogP contribution >= 0.6 is 27.3 Å². The van der Waals surface area contributed by atoms with E-state index in [0.29, 0.717) is 5.82 Å². The van der Waals surface area contributed by atoms with Crippen molar-refractivity contribution in [3.05, 3.63) is 63.7 Å². The fraction of sp³-hybridized carbons (Fsp3) is 0.118. The number of hydrogen-bond acceptors (Lipinski definition) is 4. The van der Waals surface area contributed by atoms with Crippen LogP contribution in [0.5, 0.6) is 0 Å². The molecule has 1 aromatic carbocycles. The number of aromatic nitrogens is 2. The monoisotopic (exact) mass is 387 g/mol. The molecule has 116 valence electrons. The van der Waals surface area contributed by atoms with Gasteiger partial charge in [-0.2, -0.15) is 0 Å². The van der Waals surface area contributed by atoms with E-state index in [1.807, 2.05) is 42.6 Å². The van der Waals surface area contributed by atoms with Gasteiger partial charge in [-0.1, -0.05) is 34.1 Å². The first-order valence-corrected chi connectivity index (χ1v) is 8.70. The summed E-state index contributed by atoms with van der Waals surface area (Å²) in [5.41, 5.74) is 2.85. The Labute approximate surface area is 146 Å². The fourth-order valence-electron chi connectivity index (χ4n) is 2.04. The minimum Gasteiger partial charge on any atom is -0.310 e. The van der Waals surface area contributed by atoms with Gasteiger partial charge in [-0.15, -0.1) is 11.3 Å². The van der Waals surface area contributed by atoms with E-state index in [1.54, 1.807) is 12.3 Å². The maximum atomic E-state index is 12.1. The number of nitrogens with zero attached hydrogens (tertiary/aromatic N) is 2. The highest BCUT2D eigenvalue weighted by Crippen LogP contribution is 2.26. The summed E-state index contributed by atoms with van der Waals surface area (Å²) in [5.74, 6) is 0.440. The van der Waals surface area contributed by atoms with Crippen molar-refractivity contribution in [2.45, 2.75) is 13.3 Å². The second-order valence-electron chi connectivity index (χ2n) is 5.10. The molecule has 0 saturated carbocycles. The molecule has 3 aromatic rings. The Morgan fingerprint density at radius 1 is 1.30 bits per heavy atom. The summed E-state index contributed by atoms with van der Waals surface area (Å²) in [6.07, 6.45) is 1.96. The molecule has 23 heavy (non-hydrogen) atoms. The van der Waals surface area contributed by atoms with Crippen LogP contribution in [0.1, 0.15) is 11.3 Å². The topological polar surface area (TPSA) is 54.9 Å². The SMILES string of the molecule is Cc1ccc(NC(=O)Cc2csc(-c3cccc(Br)c3)n2)nc1. The second kappa shape index (κ2) is 7.02. The van der Waals surface area contributed by atoms with E-state index in [9.17, 15) is 4.79 Å². The summed E-state index contributed by atoms with van der Waals surface area (Å²) in [5, 5.41) is 5.60. The number of nitrogens with one attached hydrogen (secondary N) is 1. The molecule has 0 aliphatic heterocycles. The van der Waals surface area contributed by atoms with E-state index in [-0.39, 0.29) is 12.3 Å². The first kappa shape index (κ1) is 15.8. The van der Waals surface area contributed by atoms with Gasteiger partial charge < -0.3 is 5.32 Å². The van der Waals surface area contributed by atoms with Crippen LogP contribution in [0.15, 0.2) is 52.4 Å². The maximum absolute atomic E-state index is 12.1. The molecule has 0 aliphatic carbocycles. The lowest BCUT2D eigenvalue weighted by atomic mass is 10.2. The van der Waals surface area contributed by atoms with Gasteiger partial charge in [0.05, 0.1) is 12.1 Å². The predicted molar refractivity (Wildman–Crippen MR) is 96.6 cm³/mol. The molecule has 0 spiro atoms. The molecule has 1 N–H and O–H groups in total. The molecular weight excluding hydrogens is 374 g/mol. The maximum Gasteiger partial charge on any atom is 0.231 e. The van der Waals surface area contributed by atoms with Crippen LogP contribution in [0.2, 0.25) is 0 Å². The van der Waals surface area contributed by atoms with Crippen molar-refractivity contribution >= 4 is 39.0 Å². The van der Waals surface area contributed by atoms with Gasteiger partial charge in [0.25, 0.3) is 0 Å². The van der Waals surface area contributed by atoms with Gasteiger partial charge in [-0.3, -0.25) is 4.79 Å². The van der Waals surface area contributed by atoms with E-state index in [4.69, 9.17) is 0 Å². The number of hydrogen-bond donors (Lipinski definition) is 1. The standard InChI is InChI=1S/C17H14BrN3OS/c1-11-5-6-15(19-9-11)21-16(22)8-14-10-23-17(20-14)12-3-2-4-13(18)7-12/h2-7,9-10H,8H2,1H3,(H,19,21,22). The Kier molecular flexibility index (Phi) is 4.83. The number of pyridine rings is 1. The summed E-state index contributed by atoms with van der Waals surface area (Å²) in [6, 6.07) is 11.7. The summed E-state index contributed by atoms with van der Waals surface area (Å²) in [7, 11) is 0. The van der Waals surface area contributed by atoms with E-state index >= 15 is 0 Å². The third kappa shape index (κ3) is 4.24. The molecule has 0 aliphatic rings. The number of aryl methyl sites for hydroxylation is 1. The lowest BCUT2D eigenvalue weighted by molar-refractivity contribution is -0.115. The van der Waals surface area contributed by atoms with Crippen molar-refractivity contribution in [1.82, 2.24) is 9.97 Å². The zero-order valence-corrected chi connectivity index (χ0v) is 14.8. The normalized spacial score (nSPS) is 10.5. The number of benzene rings is 1. The number of carbonyl (C=O) groups is 1. The Bertz CT molecular complexity index is 830. The van der Waals surface area contributed by atoms with E-state index in [2.05, 4.69) is 31.2 Å². The zero-order chi connectivity index (χ0) is 16.2. The van der Waals surface area contributed by atoms with Gasteiger partial charge in [0.2, 0.25) is 5.91 Å². The summed E-state index contributed by atoms with van der Waals surface area (Å²) >= 11 is 4.99. The van der Waals surface area contributed by atoms with Gasteiger partial charge in [0.15, 0.2) is 0 Å². The Morgan fingerprint density at radius 3 is 2.91 bits per heavy atom. The first-order chi connectivity index (χ1) is 11.1. The Hall–Kier alpha value is -2.05. The predicted octanol–water partition coefficient (Wildman–Crippen LogP) is 4.46. The van der Waals surface area contributed by atoms with Gasteiger partial charge in [0, 0.05) is 21.6 Å². The second-order valence-corrected chi connectivity index (χ2v) is 6.87. The minimum absolute atomic E-state index is 0.118. The minimum atomic E-state index is -0.118. The fourth-order valence-corrected chi connectivity index (χ4v) is 3.25. The van der Waals surface area contributed by atoms with Crippen LogP contribution in [-0.4, -0.2) is 15.9 Å². The largest absolute Gasteiger partial charge is 0.310 e. The van der Waals surface area contributed by atoms with Crippen molar-refractivity contribution in [3.8, 4) is 10.6 Å². The van der Waals surface area contributed by atoms with Crippen LogP contribution in [0.3, 0.4) is 0 Å². The van der Waals surface area contributed by atoms with Crippen molar-refractivity contribution < 1.29 is 4.79 Å². The summed E-state index contributed by atoms with van der Waals surface area (Å²) in [6.45, 7) is 1.96. The van der Waals surface area contributed by atoms with Gasteiger partial charge in [-0.25, -0.2) is 9.97 Å². The summed E-state index contributed by atoms with van der Waals surface area (Å²) in [4.78, 5) is 20.8. The van der Waals surface area contributed by atoms with Crippen LogP contribution < -0.4 is 5.32 Å². The van der Waals surface area contributed by atoms with Crippen LogP contribution in [0, 0.1) is 6.92 Å². The molecule has 2 heterocycles. The average Bonchev–Trinajstić information content (AvgIpc) is 2.98. The number of carbonyl (C=O) groups excluding carboxylic acids is 1. The van der Waals surface area contributed by atoms with Crippen molar-refractivity contribution in [3.63, 3.8) is 0 Å². The molecule has 0 unspecified atom stereocenters. The molecule has 0 bridgehead atoms. The van der Waals surface area contributed by atoms with E-state index < -0.39 is 0 Å². The number of anilines is 1. The highest BCUT2D eigenvalue weighted by Gasteiger charge is 2.10. The number of amides is 1. The molecule has 0 fully saturated rings. The molecule has 0 saturated heterocycles. The Balaban J connectivity index is 1.66. The van der Waals surface area contributed by atoms with Gasteiger partial charge in [0.1, 0.15) is 10.8 Å². The highest BCUT2D eigenvalue weighted by molar-refractivity contribution is 9.10. The van der Waals surface area contributed by atoms with Crippen molar-refractivity contribution in [1.29, 1.82) is 0 Å².